The van der Waals surface area contributed by atoms with E-state index in [0.717, 1.165) is 80.8 Å². The van der Waals surface area contributed by atoms with Crippen molar-refractivity contribution in [1.82, 2.24) is 25.4 Å². The maximum absolute atomic E-state index is 14.9. The van der Waals surface area contributed by atoms with Crippen LogP contribution >= 0.6 is 0 Å². The van der Waals surface area contributed by atoms with Crippen molar-refractivity contribution >= 4 is 34.4 Å². The molecule has 3 amide bonds. The maximum Gasteiger partial charge on any atom is 0.245 e. The molecule has 4 fully saturated rings. The van der Waals surface area contributed by atoms with Gasteiger partial charge in [0.1, 0.15) is 17.6 Å². The molecule has 6 rings (SSSR count). The Labute approximate surface area is 296 Å². The van der Waals surface area contributed by atoms with Gasteiger partial charge in [0.2, 0.25) is 17.7 Å². The highest BCUT2D eigenvalue weighted by Crippen LogP contribution is 2.44. The molecule has 0 unspecified atom stereocenters. The molecule has 2 saturated heterocycles. The van der Waals surface area contributed by atoms with Gasteiger partial charge in [-0.25, -0.2) is 4.39 Å². The normalized spacial score (nSPS) is 25.7. The number of carbonyl (C=O) groups excluding carboxylic acids is 4. The monoisotopic (exact) mass is 691 g/mol. The summed E-state index contributed by atoms with van der Waals surface area (Å²) in [5.41, 5.74) is 1.69. The first kappa shape index (κ1) is 36.5. The largest absolute Gasteiger partial charge is 0.358 e. The molecule has 0 radical (unpaired) electrons. The third-order valence-corrected chi connectivity index (χ3v) is 12.8. The number of nitrogens with one attached hydrogen (secondary N) is 3. The number of hydrogen-bond donors (Lipinski definition) is 3. The Morgan fingerprint density at radius 3 is 2.24 bits per heavy atom. The summed E-state index contributed by atoms with van der Waals surface area (Å²) in [5.74, 6) is -0.949. The molecule has 4 aliphatic rings. The third-order valence-electron chi connectivity index (χ3n) is 12.8. The van der Waals surface area contributed by atoms with Crippen molar-refractivity contribution in [1.29, 1.82) is 0 Å². The number of fused-ring (bicyclic) bond motifs is 2. The highest BCUT2D eigenvalue weighted by atomic mass is 19.1. The zero-order valence-corrected chi connectivity index (χ0v) is 30.5. The number of rotatable bonds is 12. The lowest BCUT2D eigenvalue weighted by Gasteiger charge is -2.36. The number of H-pyrrole nitrogens is 1. The Morgan fingerprint density at radius 2 is 1.58 bits per heavy atom. The van der Waals surface area contributed by atoms with Crippen molar-refractivity contribution in [3.63, 3.8) is 0 Å². The molecule has 7 atom stereocenters. The van der Waals surface area contributed by atoms with E-state index in [1.54, 1.807) is 13.1 Å². The molecular formula is C40H58FN5O4. The number of carbonyl (C=O) groups is 4. The Morgan fingerprint density at radius 1 is 0.900 bits per heavy atom. The van der Waals surface area contributed by atoms with Gasteiger partial charge in [-0.2, -0.15) is 0 Å². The molecule has 10 heteroatoms. The van der Waals surface area contributed by atoms with Crippen LogP contribution in [-0.4, -0.2) is 82.6 Å². The average Bonchev–Trinajstić information content (AvgIpc) is 3.86. The van der Waals surface area contributed by atoms with Crippen LogP contribution in [0.2, 0.25) is 0 Å². The van der Waals surface area contributed by atoms with Gasteiger partial charge in [0.15, 0.2) is 0 Å². The molecule has 50 heavy (non-hydrogen) atoms. The van der Waals surface area contributed by atoms with Gasteiger partial charge in [0, 0.05) is 53.9 Å². The highest BCUT2D eigenvalue weighted by Gasteiger charge is 2.55. The van der Waals surface area contributed by atoms with Gasteiger partial charge < -0.3 is 25.4 Å². The van der Waals surface area contributed by atoms with Crippen molar-refractivity contribution in [2.45, 2.75) is 134 Å². The van der Waals surface area contributed by atoms with Gasteiger partial charge in [-0.05, 0) is 88.6 Å². The molecule has 2 aromatic rings. The minimum Gasteiger partial charge on any atom is -0.358 e. The summed E-state index contributed by atoms with van der Waals surface area (Å²) in [5, 5.41) is 7.02. The molecule has 2 aliphatic carbocycles. The van der Waals surface area contributed by atoms with E-state index in [0.29, 0.717) is 25.9 Å². The fourth-order valence-corrected chi connectivity index (χ4v) is 9.47. The summed E-state index contributed by atoms with van der Waals surface area (Å²) in [6, 6.07) is 5.21. The zero-order valence-electron chi connectivity index (χ0n) is 30.5. The van der Waals surface area contributed by atoms with Gasteiger partial charge in [0.05, 0.1) is 18.1 Å². The minimum absolute atomic E-state index is 0.0245. The summed E-state index contributed by atoms with van der Waals surface area (Å²) in [4.78, 5) is 63.9. The van der Waals surface area contributed by atoms with Gasteiger partial charge in [-0.15, -0.1) is 0 Å². The van der Waals surface area contributed by atoms with E-state index in [9.17, 15) is 23.6 Å². The quantitative estimate of drug-likeness (QED) is 0.250. The van der Waals surface area contributed by atoms with Crippen molar-refractivity contribution in [3.8, 4) is 0 Å². The number of likely N-dealkylation sites (tertiary alicyclic amines) is 2. The smallest absolute Gasteiger partial charge is 0.245 e. The van der Waals surface area contributed by atoms with Crippen molar-refractivity contribution in [3.05, 3.63) is 35.8 Å². The number of aromatic nitrogens is 1. The number of amides is 3. The first-order valence-corrected chi connectivity index (χ1v) is 19.5. The van der Waals surface area contributed by atoms with Gasteiger partial charge in [-0.1, -0.05) is 52.4 Å². The molecule has 1 aromatic heterocycles. The van der Waals surface area contributed by atoms with E-state index in [2.05, 4.69) is 15.6 Å². The maximum atomic E-state index is 14.9. The zero-order chi connectivity index (χ0) is 35.5. The van der Waals surface area contributed by atoms with E-state index in [1.165, 1.54) is 12.1 Å². The van der Waals surface area contributed by atoms with Crippen LogP contribution in [0, 0.1) is 29.5 Å². The van der Waals surface area contributed by atoms with Crippen LogP contribution in [0.1, 0.15) is 116 Å². The van der Waals surface area contributed by atoms with E-state index in [4.69, 9.17) is 0 Å². The Balaban J connectivity index is 1.35. The number of ketones is 1. The number of likely N-dealkylation sites (N-methyl/N-ethyl adjacent to an activating group) is 1. The minimum atomic E-state index is -0.603. The Kier molecular flexibility index (Phi) is 11.7. The number of aromatic amines is 1. The van der Waals surface area contributed by atoms with Crippen LogP contribution in [0.3, 0.4) is 0 Å². The number of halogens is 1. The third kappa shape index (κ3) is 7.51. The number of benzene rings is 1. The predicted molar refractivity (Wildman–Crippen MR) is 193 cm³/mol. The molecule has 2 aliphatic heterocycles. The van der Waals surface area contributed by atoms with Crippen LogP contribution < -0.4 is 10.6 Å². The van der Waals surface area contributed by atoms with Crippen molar-refractivity contribution in [2.24, 2.45) is 23.7 Å². The number of Topliss-reactive ketones (excluding diaryl/α,β-unsaturated/α-hetero) is 1. The van der Waals surface area contributed by atoms with Crippen LogP contribution in [0.25, 0.3) is 10.9 Å². The summed E-state index contributed by atoms with van der Waals surface area (Å²) in [7, 11) is 1.78. The molecule has 9 nitrogen and oxygen atoms in total. The SMILES string of the molecule is CC[C@@H](C)C(=O)N[C@H](C(=O)N1CC[C@@H]2[C@H]1[C@@H](c1cc3cc(F)ccc3[nH]1)CN2C(=O)[C@@H](CC(=O)[C@H](C)NC)C1CCCCC1)C1CCCCC1. The molecule has 1 aromatic carbocycles. The summed E-state index contributed by atoms with van der Waals surface area (Å²) < 4.78 is 14.3. The molecule has 2 saturated carbocycles. The first-order chi connectivity index (χ1) is 24.1. The van der Waals surface area contributed by atoms with Crippen LogP contribution in [0.15, 0.2) is 24.3 Å². The molecule has 3 N–H and O–H groups in total. The fraction of sp³-hybridized carbons (Fsp3) is 0.700. The lowest BCUT2D eigenvalue weighted by molar-refractivity contribution is -0.142. The van der Waals surface area contributed by atoms with Crippen molar-refractivity contribution in [2.75, 3.05) is 20.1 Å². The number of hydrogen-bond acceptors (Lipinski definition) is 5. The molecule has 3 heterocycles. The summed E-state index contributed by atoms with van der Waals surface area (Å²) in [6.45, 7) is 6.66. The molecule has 274 valence electrons. The van der Waals surface area contributed by atoms with E-state index in [1.807, 2.05) is 36.6 Å². The van der Waals surface area contributed by atoms with Crippen molar-refractivity contribution < 1.29 is 23.6 Å². The highest BCUT2D eigenvalue weighted by molar-refractivity contribution is 5.91. The lowest BCUT2D eigenvalue weighted by Crippen LogP contribution is -2.56. The fourth-order valence-electron chi connectivity index (χ4n) is 9.47. The summed E-state index contributed by atoms with van der Waals surface area (Å²) in [6.07, 6.45) is 11.8. The predicted octanol–water partition coefficient (Wildman–Crippen LogP) is 6.08. The topological polar surface area (TPSA) is 115 Å². The second-order valence-electron chi connectivity index (χ2n) is 15.8. The number of nitrogens with zero attached hydrogens (tertiary/aromatic N) is 2. The van der Waals surface area contributed by atoms with E-state index in [-0.39, 0.29) is 77.5 Å². The van der Waals surface area contributed by atoms with Crippen LogP contribution in [-0.2, 0) is 19.2 Å². The standard InChI is InChI=1S/C40H58FN5O4/c1-5-24(2)38(48)44-36(27-14-10-7-11-15-27)40(50)45-19-18-34-37(45)31(33-21-28-20-29(41)16-17-32(28)43-33)23-46(34)39(49)30(22-35(47)25(3)42-4)26-12-8-6-9-13-26/h16-17,20-21,24-27,30-31,34,36-37,42-43H,5-15,18-19,22-23H2,1-4H3,(H,44,48)/t24-,25+,30+,31-,34-,36+,37-/m1/s1. The van der Waals surface area contributed by atoms with Gasteiger partial charge >= 0.3 is 0 Å². The Bertz CT molecular complexity index is 1470. The lowest BCUT2D eigenvalue weighted by atomic mass is 9.76. The van der Waals surface area contributed by atoms with Gasteiger partial charge in [-0.3, -0.25) is 19.2 Å². The van der Waals surface area contributed by atoms with Crippen LogP contribution in [0.4, 0.5) is 4.39 Å². The van der Waals surface area contributed by atoms with E-state index < -0.39 is 12.0 Å². The van der Waals surface area contributed by atoms with Crippen LogP contribution in [0.5, 0.6) is 0 Å². The summed E-state index contributed by atoms with van der Waals surface area (Å²) >= 11 is 0. The Hall–Kier alpha value is -3.27. The first-order valence-electron chi connectivity index (χ1n) is 19.5. The van der Waals surface area contributed by atoms with E-state index >= 15 is 0 Å². The molecular weight excluding hydrogens is 633 g/mol. The second kappa shape index (κ2) is 16.0. The van der Waals surface area contributed by atoms with Gasteiger partial charge in [0.25, 0.3) is 0 Å². The molecule has 0 bridgehead atoms. The second-order valence-corrected chi connectivity index (χ2v) is 15.8. The average molecular weight is 692 g/mol. The molecule has 0 spiro atoms.